The summed E-state index contributed by atoms with van der Waals surface area (Å²) in [5, 5.41) is 5.80. The number of hydrogen-bond acceptors (Lipinski definition) is 5. The number of aromatic nitrogens is 2. The summed E-state index contributed by atoms with van der Waals surface area (Å²) in [7, 11) is 0. The second kappa shape index (κ2) is 8.39. The Labute approximate surface area is 150 Å². The fourth-order valence-corrected chi connectivity index (χ4v) is 3.13. The smallest absolute Gasteiger partial charge is 0.224 e. The summed E-state index contributed by atoms with van der Waals surface area (Å²) in [6.45, 7) is 2.47. The summed E-state index contributed by atoms with van der Waals surface area (Å²) in [4.78, 5) is 21.1. The molecule has 0 unspecified atom stereocenters. The number of rotatable bonds is 7. The van der Waals surface area contributed by atoms with E-state index in [1.807, 2.05) is 54.8 Å². The van der Waals surface area contributed by atoms with Gasteiger partial charge in [0.15, 0.2) is 0 Å². The average Bonchev–Trinajstić information content (AvgIpc) is 3.12. The first-order valence-electron chi connectivity index (χ1n) is 8.13. The number of nitrogens with one attached hydrogen (secondary N) is 1. The van der Waals surface area contributed by atoms with Gasteiger partial charge < -0.3 is 10.1 Å². The first-order valence-corrected chi connectivity index (χ1v) is 9.01. The minimum Gasteiger partial charge on any atom is -0.492 e. The Morgan fingerprint density at radius 1 is 1.16 bits per heavy atom. The monoisotopic (exact) mass is 353 g/mol. The molecule has 2 aromatic heterocycles. The van der Waals surface area contributed by atoms with Crippen molar-refractivity contribution in [3.63, 3.8) is 0 Å². The largest absolute Gasteiger partial charge is 0.492 e. The molecule has 6 heteroatoms. The average molecular weight is 353 g/mol. The van der Waals surface area contributed by atoms with E-state index in [-0.39, 0.29) is 5.91 Å². The van der Waals surface area contributed by atoms with Crippen molar-refractivity contribution in [3.05, 3.63) is 59.0 Å². The number of para-hydroxylation sites is 2. The topological polar surface area (TPSA) is 64.1 Å². The molecule has 3 aromatic rings. The Bertz CT molecular complexity index is 833. The highest BCUT2D eigenvalue weighted by Gasteiger charge is 2.10. The highest BCUT2D eigenvalue weighted by Crippen LogP contribution is 2.24. The number of pyridine rings is 1. The molecule has 1 aromatic carbocycles. The van der Waals surface area contributed by atoms with E-state index < -0.39 is 0 Å². The molecule has 0 aliphatic heterocycles. The van der Waals surface area contributed by atoms with Crippen LogP contribution in [0.3, 0.4) is 0 Å². The third-order valence-electron chi connectivity index (χ3n) is 3.51. The van der Waals surface area contributed by atoms with E-state index in [2.05, 4.69) is 15.3 Å². The SMILES string of the molecule is CCOc1ccccc1NC(=O)CCc1nc(-c2ccccn2)cs1. The number of amides is 1. The van der Waals surface area contributed by atoms with Gasteiger partial charge >= 0.3 is 0 Å². The van der Waals surface area contributed by atoms with Crippen LogP contribution in [-0.4, -0.2) is 22.5 Å². The fraction of sp³-hybridized carbons (Fsp3) is 0.211. The molecule has 0 radical (unpaired) electrons. The Balaban J connectivity index is 1.57. The number of anilines is 1. The molecule has 5 nitrogen and oxygen atoms in total. The van der Waals surface area contributed by atoms with E-state index in [0.717, 1.165) is 16.4 Å². The van der Waals surface area contributed by atoms with Gasteiger partial charge in [-0.15, -0.1) is 11.3 Å². The van der Waals surface area contributed by atoms with Crippen LogP contribution in [0.2, 0.25) is 0 Å². The Morgan fingerprint density at radius 2 is 2.00 bits per heavy atom. The first-order chi connectivity index (χ1) is 12.3. The maximum absolute atomic E-state index is 12.2. The van der Waals surface area contributed by atoms with Crippen LogP contribution in [-0.2, 0) is 11.2 Å². The van der Waals surface area contributed by atoms with E-state index in [1.54, 1.807) is 17.5 Å². The Kier molecular flexibility index (Phi) is 5.74. The molecule has 0 aliphatic rings. The van der Waals surface area contributed by atoms with Crippen LogP contribution >= 0.6 is 11.3 Å². The van der Waals surface area contributed by atoms with Crippen molar-refractivity contribution in [1.82, 2.24) is 9.97 Å². The van der Waals surface area contributed by atoms with Gasteiger partial charge in [-0.1, -0.05) is 18.2 Å². The molecular weight excluding hydrogens is 334 g/mol. The van der Waals surface area contributed by atoms with Crippen LogP contribution in [0.15, 0.2) is 54.0 Å². The van der Waals surface area contributed by atoms with Gasteiger partial charge in [-0.05, 0) is 31.2 Å². The summed E-state index contributed by atoms with van der Waals surface area (Å²) in [6, 6.07) is 13.2. The van der Waals surface area contributed by atoms with Gasteiger partial charge in [0, 0.05) is 24.4 Å². The lowest BCUT2D eigenvalue weighted by molar-refractivity contribution is -0.116. The third-order valence-corrected chi connectivity index (χ3v) is 4.41. The zero-order valence-electron chi connectivity index (χ0n) is 13.9. The lowest BCUT2D eigenvalue weighted by Gasteiger charge is -2.10. The summed E-state index contributed by atoms with van der Waals surface area (Å²) < 4.78 is 5.52. The third kappa shape index (κ3) is 4.64. The molecule has 128 valence electrons. The molecule has 3 rings (SSSR count). The van der Waals surface area contributed by atoms with E-state index in [4.69, 9.17) is 4.74 Å². The van der Waals surface area contributed by atoms with E-state index >= 15 is 0 Å². The minimum atomic E-state index is -0.0539. The molecule has 1 N–H and O–H groups in total. The van der Waals surface area contributed by atoms with E-state index in [0.29, 0.717) is 30.9 Å². The lowest BCUT2D eigenvalue weighted by atomic mass is 10.2. The van der Waals surface area contributed by atoms with Crippen molar-refractivity contribution in [2.45, 2.75) is 19.8 Å². The van der Waals surface area contributed by atoms with Gasteiger partial charge in [0.1, 0.15) is 5.75 Å². The second-order valence-corrected chi connectivity index (χ2v) is 6.26. The summed E-state index contributed by atoms with van der Waals surface area (Å²) in [5.41, 5.74) is 2.39. The van der Waals surface area contributed by atoms with Crippen LogP contribution in [0.5, 0.6) is 5.75 Å². The van der Waals surface area contributed by atoms with Crippen LogP contribution in [0.4, 0.5) is 5.69 Å². The van der Waals surface area contributed by atoms with Crippen molar-refractivity contribution in [2.75, 3.05) is 11.9 Å². The van der Waals surface area contributed by atoms with Crippen molar-refractivity contribution in [3.8, 4) is 17.1 Å². The molecule has 0 atom stereocenters. The number of ether oxygens (including phenoxy) is 1. The van der Waals surface area contributed by atoms with Gasteiger partial charge in [-0.3, -0.25) is 9.78 Å². The summed E-state index contributed by atoms with van der Waals surface area (Å²) in [6.07, 6.45) is 2.72. The number of carbonyl (C=O) groups excluding carboxylic acids is 1. The molecular formula is C19H19N3O2S. The standard InChI is InChI=1S/C19H19N3O2S/c1-2-24-17-9-4-3-8-15(17)21-18(23)10-11-19-22-16(13-25-19)14-7-5-6-12-20-14/h3-9,12-13H,2,10-11H2,1H3,(H,21,23). The molecule has 0 fully saturated rings. The second-order valence-electron chi connectivity index (χ2n) is 5.32. The molecule has 0 saturated heterocycles. The summed E-state index contributed by atoms with van der Waals surface area (Å²) in [5.74, 6) is 0.631. The molecule has 0 aliphatic carbocycles. The molecule has 2 heterocycles. The van der Waals surface area contributed by atoms with Gasteiger partial charge in [-0.25, -0.2) is 4.98 Å². The van der Waals surface area contributed by atoms with Crippen molar-refractivity contribution >= 4 is 22.9 Å². The lowest BCUT2D eigenvalue weighted by Crippen LogP contribution is -2.13. The van der Waals surface area contributed by atoms with Crippen molar-refractivity contribution < 1.29 is 9.53 Å². The number of thiazole rings is 1. The minimum absolute atomic E-state index is 0.0539. The predicted molar refractivity (Wildman–Crippen MR) is 99.9 cm³/mol. The predicted octanol–water partition coefficient (Wildman–Crippen LogP) is 4.18. The number of aryl methyl sites for hydroxylation is 1. The van der Waals surface area contributed by atoms with Gasteiger partial charge in [-0.2, -0.15) is 0 Å². The first kappa shape index (κ1) is 17.1. The number of nitrogens with zero attached hydrogens (tertiary/aromatic N) is 2. The van der Waals surface area contributed by atoms with Gasteiger partial charge in [0.25, 0.3) is 0 Å². The fourth-order valence-electron chi connectivity index (χ4n) is 2.34. The maximum Gasteiger partial charge on any atom is 0.224 e. The molecule has 25 heavy (non-hydrogen) atoms. The van der Waals surface area contributed by atoms with Crippen LogP contribution in [0, 0.1) is 0 Å². The highest BCUT2D eigenvalue weighted by atomic mass is 32.1. The van der Waals surface area contributed by atoms with E-state index in [9.17, 15) is 4.79 Å². The Hall–Kier alpha value is -2.73. The zero-order valence-corrected chi connectivity index (χ0v) is 14.8. The molecule has 0 saturated carbocycles. The van der Waals surface area contributed by atoms with Gasteiger partial charge in [0.05, 0.1) is 28.7 Å². The molecule has 1 amide bonds. The molecule has 0 bridgehead atoms. The maximum atomic E-state index is 12.2. The van der Waals surface area contributed by atoms with E-state index in [1.165, 1.54) is 0 Å². The zero-order chi connectivity index (χ0) is 17.5. The molecule has 0 spiro atoms. The highest BCUT2D eigenvalue weighted by molar-refractivity contribution is 7.09. The Morgan fingerprint density at radius 3 is 2.80 bits per heavy atom. The van der Waals surface area contributed by atoms with Crippen LogP contribution in [0.1, 0.15) is 18.4 Å². The van der Waals surface area contributed by atoms with Crippen LogP contribution < -0.4 is 10.1 Å². The number of carbonyl (C=O) groups is 1. The summed E-state index contributed by atoms with van der Waals surface area (Å²) >= 11 is 1.55. The van der Waals surface area contributed by atoms with Crippen molar-refractivity contribution in [2.24, 2.45) is 0 Å². The normalized spacial score (nSPS) is 10.4. The van der Waals surface area contributed by atoms with Crippen molar-refractivity contribution in [1.29, 1.82) is 0 Å². The quantitative estimate of drug-likeness (QED) is 0.692. The van der Waals surface area contributed by atoms with Gasteiger partial charge in [0.2, 0.25) is 5.91 Å². The number of hydrogen-bond donors (Lipinski definition) is 1. The number of benzene rings is 1. The van der Waals surface area contributed by atoms with Crippen LogP contribution in [0.25, 0.3) is 11.4 Å².